The second kappa shape index (κ2) is 8.56. The van der Waals surface area contributed by atoms with Crippen molar-refractivity contribution in [3.05, 3.63) is 53.8 Å². The average molecular weight is 374 g/mol. The van der Waals surface area contributed by atoms with Crippen molar-refractivity contribution in [1.29, 1.82) is 0 Å². The lowest BCUT2D eigenvalue weighted by atomic mass is 10.2. The van der Waals surface area contributed by atoms with E-state index in [2.05, 4.69) is 17.1 Å². The molecular weight excluding hydrogens is 351 g/mol. The number of phenolic OH excluding ortho intramolecular Hbond substituents is 1. The number of phenols is 1. The van der Waals surface area contributed by atoms with Crippen LogP contribution in [0.4, 0.5) is 4.39 Å². The first-order valence-electron chi connectivity index (χ1n) is 8.85. The zero-order valence-electron chi connectivity index (χ0n) is 14.7. The lowest BCUT2D eigenvalue weighted by Gasteiger charge is -2.22. The van der Waals surface area contributed by atoms with E-state index in [0.717, 1.165) is 24.4 Å². The molecule has 0 radical (unpaired) electrons. The number of likely N-dealkylation sites (N-methyl/N-ethyl adjacent to an activating group) is 1. The number of nitrogens with one attached hydrogen (secondary N) is 1. The van der Waals surface area contributed by atoms with Crippen molar-refractivity contribution < 1.29 is 14.3 Å². The van der Waals surface area contributed by atoms with Gasteiger partial charge in [0, 0.05) is 23.0 Å². The van der Waals surface area contributed by atoms with E-state index in [1.54, 1.807) is 24.3 Å². The van der Waals surface area contributed by atoms with E-state index >= 15 is 0 Å². The molecule has 1 fully saturated rings. The largest absolute Gasteiger partial charge is 0.507 e. The fourth-order valence-corrected chi connectivity index (χ4v) is 4.06. The summed E-state index contributed by atoms with van der Waals surface area (Å²) in [5.41, 5.74) is 0.437. The highest BCUT2D eigenvalue weighted by Crippen LogP contribution is 2.34. The van der Waals surface area contributed by atoms with Crippen molar-refractivity contribution in [1.82, 2.24) is 10.2 Å². The van der Waals surface area contributed by atoms with Crippen molar-refractivity contribution >= 4 is 17.7 Å². The zero-order chi connectivity index (χ0) is 18.5. The highest BCUT2D eigenvalue weighted by molar-refractivity contribution is 7.99. The Labute approximate surface area is 157 Å². The topological polar surface area (TPSA) is 52.6 Å². The second-order valence-corrected chi connectivity index (χ2v) is 7.49. The van der Waals surface area contributed by atoms with Crippen LogP contribution < -0.4 is 5.32 Å². The molecule has 1 saturated heterocycles. The molecule has 138 valence electrons. The number of carbonyl (C=O) groups is 1. The highest BCUT2D eigenvalue weighted by Gasteiger charge is 2.23. The molecular formula is C20H23FN2O2S. The van der Waals surface area contributed by atoms with Crippen molar-refractivity contribution in [3.8, 4) is 5.75 Å². The summed E-state index contributed by atoms with van der Waals surface area (Å²) in [6.45, 7) is 4.85. The normalized spacial score (nSPS) is 17.4. The minimum Gasteiger partial charge on any atom is -0.507 e. The van der Waals surface area contributed by atoms with Crippen LogP contribution in [-0.4, -0.2) is 41.6 Å². The fraction of sp³-hybridized carbons (Fsp3) is 0.350. The molecule has 2 aromatic rings. The molecule has 1 heterocycles. The Hall–Kier alpha value is -2.05. The van der Waals surface area contributed by atoms with Crippen molar-refractivity contribution in [3.63, 3.8) is 0 Å². The van der Waals surface area contributed by atoms with Gasteiger partial charge in [0.15, 0.2) is 0 Å². The van der Waals surface area contributed by atoms with E-state index in [1.165, 1.54) is 36.4 Å². The SMILES string of the molecule is CCN1CCCC1CNC(=O)c1ccc(Sc2ccc(F)cc2)c(O)c1. The molecule has 6 heteroatoms. The van der Waals surface area contributed by atoms with Crippen LogP contribution in [0.3, 0.4) is 0 Å². The number of benzene rings is 2. The fourth-order valence-electron chi connectivity index (χ4n) is 3.23. The molecule has 1 aliphatic rings. The third kappa shape index (κ3) is 4.56. The van der Waals surface area contributed by atoms with E-state index in [0.29, 0.717) is 23.0 Å². The first-order chi connectivity index (χ1) is 12.6. The quantitative estimate of drug-likeness (QED) is 0.805. The molecule has 1 amide bonds. The maximum absolute atomic E-state index is 13.0. The zero-order valence-corrected chi connectivity index (χ0v) is 15.6. The molecule has 1 unspecified atom stereocenters. The van der Waals surface area contributed by atoms with Crippen LogP contribution in [0.5, 0.6) is 5.75 Å². The number of carbonyl (C=O) groups excluding carboxylic acids is 1. The predicted octanol–water partition coefficient (Wildman–Crippen LogP) is 3.90. The average Bonchev–Trinajstić information content (AvgIpc) is 3.10. The number of nitrogens with zero attached hydrogens (tertiary/aromatic N) is 1. The maximum atomic E-state index is 13.0. The van der Waals surface area contributed by atoms with E-state index in [4.69, 9.17) is 0 Å². The standard InChI is InChI=1S/C20H23FN2O2S/c1-2-23-11-3-4-16(23)13-22-20(25)14-5-10-19(18(24)12-14)26-17-8-6-15(21)7-9-17/h5-10,12,16,24H,2-4,11,13H2,1H3,(H,22,25). The number of halogens is 1. The molecule has 1 atom stereocenters. The summed E-state index contributed by atoms with van der Waals surface area (Å²) < 4.78 is 13.0. The molecule has 0 spiro atoms. The summed E-state index contributed by atoms with van der Waals surface area (Å²) in [6, 6.07) is 11.4. The molecule has 0 aromatic heterocycles. The van der Waals surface area contributed by atoms with Crippen LogP contribution in [0.15, 0.2) is 52.3 Å². The molecule has 0 aliphatic carbocycles. The second-order valence-electron chi connectivity index (χ2n) is 6.37. The summed E-state index contributed by atoms with van der Waals surface area (Å²) >= 11 is 1.33. The van der Waals surface area contributed by atoms with Gasteiger partial charge in [-0.25, -0.2) is 4.39 Å². The Morgan fingerprint density at radius 3 is 2.77 bits per heavy atom. The third-order valence-corrected chi connectivity index (χ3v) is 5.74. The van der Waals surface area contributed by atoms with Gasteiger partial charge in [0.25, 0.3) is 5.91 Å². The number of aromatic hydroxyl groups is 1. The van der Waals surface area contributed by atoms with Gasteiger partial charge >= 0.3 is 0 Å². The molecule has 0 saturated carbocycles. The van der Waals surface area contributed by atoms with Crippen LogP contribution in [0.25, 0.3) is 0 Å². The van der Waals surface area contributed by atoms with E-state index < -0.39 is 0 Å². The Morgan fingerprint density at radius 2 is 2.08 bits per heavy atom. The monoisotopic (exact) mass is 374 g/mol. The predicted molar refractivity (Wildman–Crippen MR) is 101 cm³/mol. The highest BCUT2D eigenvalue weighted by atomic mass is 32.2. The summed E-state index contributed by atoms with van der Waals surface area (Å²) in [4.78, 5) is 16.2. The third-order valence-electron chi connectivity index (χ3n) is 4.67. The van der Waals surface area contributed by atoms with Gasteiger partial charge in [-0.2, -0.15) is 0 Å². The van der Waals surface area contributed by atoms with E-state index in [1.807, 2.05) is 0 Å². The number of amides is 1. The van der Waals surface area contributed by atoms with E-state index in [-0.39, 0.29) is 17.5 Å². The molecule has 4 nitrogen and oxygen atoms in total. The molecule has 2 aromatic carbocycles. The van der Waals surface area contributed by atoms with Gasteiger partial charge in [0.05, 0.1) is 4.90 Å². The Kier molecular flexibility index (Phi) is 6.16. The van der Waals surface area contributed by atoms with Crippen LogP contribution in [-0.2, 0) is 0 Å². The smallest absolute Gasteiger partial charge is 0.251 e. The molecule has 26 heavy (non-hydrogen) atoms. The van der Waals surface area contributed by atoms with Gasteiger partial charge in [0.1, 0.15) is 11.6 Å². The van der Waals surface area contributed by atoms with Crippen LogP contribution >= 0.6 is 11.8 Å². The Balaban J connectivity index is 1.61. The summed E-state index contributed by atoms with van der Waals surface area (Å²) in [5, 5.41) is 13.2. The number of hydrogen-bond donors (Lipinski definition) is 2. The van der Waals surface area contributed by atoms with Gasteiger partial charge in [-0.3, -0.25) is 9.69 Å². The van der Waals surface area contributed by atoms with Crippen molar-refractivity contribution in [2.75, 3.05) is 19.6 Å². The summed E-state index contributed by atoms with van der Waals surface area (Å²) in [7, 11) is 0. The summed E-state index contributed by atoms with van der Waals surface area (Å²) in [6.07, 6.45) is 2.27. The molecule has 1 aliphatic heterocycles. The number of likely N-dealkylation sites (tertiary alicyclic amines) is 1. The first-order valence-corrected chi connectivity index (χ1v) is 9.67. The Morgan fingerprint density at radius 1 is 1.31 bits per heavy atom. The lowest BCUT2D eigenvalue weighted by molar-refractivity contribution is 0.0941. The van der Waals surface area contributed by atoms with E-state index in [9.17, 15) is 14.3 Å². The van der Waals surface area contributed by atoms with Crippen LogP contribution in [0, 0.1) is 5.82 Å². The van der Waals surface area contributed by atoms with Crippen molar-refractivity contribution in [2.24, 2.45) is 0 Å². The number of rotatable bonds is 6. The molecule has 3 rings (SSSR count). The van der Waals surface area contributed by atoms with Gasteiger partial charge < -0.3 is 10.4 Å². The minimum absolute atomic E-state index is 0.0445. The maximum Gasteiger partial charge on any atom is 0.251 e. The van der Waals surface area contributed by atoms with Gasteiger partial charge in [-0.05, 0) is 68.4 Å². The van der Waals surface area contributed by atoms with Gasteiger partial charge in [-0.15, -0.1) is 0 Å². The molecule has 2 N–H and O–H groups in total. The first kappa shape index (κ1) is 18.7. The molecule has 0 bridgehead atoms. The van der Waals surface area contributed by atoms with Gasteiger partial charge in [0.2, 0.25) is 0 Å². The minimum atomic E-state index is -0.297. The van der Waals surface area contributed by atoms with Crippen molar-refractivity contribution in [2.45, 2.75) is 35.6 Å². The van der Waals surface area contributed by atoms with Gasteiger partial charge in [-0.1, -0.05) is 18.7 Å². The van der Waals surface area contributed by atoms with Crippen LogP contribution in [0.2, 0.25) is 0 Å². The number of hydrogen-bond acceptors (Lipinski definition) is 4. The van der Waals surface area contributed by atoms with Crippen LogP contribution in [0.1, 0.15) is 30.1 Å². The Bertz CT molecular complexity index is 767. The summed E-state index contributed by atoms with van der Waals surface area (Å²) in [5.74, 6) is -0.431. The lowest BCUT2D eigenvalue weighted by Crippen LogP contribution is -2.40.